The molecule has 0 aromatic heterocycles. The van der Waals surface area contributed by atoms with E-state index in [4.69, 9.17) is 14.7 Å². The van der Waals surface area contributed by atoms with Gasteiger partial charge in [-0.2, -0.15) is 0 Å². The number of ether oxygens (including phenoxy) is 2. The molecule has 1 rings (SSSR count). The average Bonchev–Trinajstić information content (AvgIpc) is 2.25. The van der Waals surface area contributed by atoms with Gasteiger partial charge in [-0.25, -0.2) is 5.48 Å². The number of hydroxylamine groups is 1. The average molecular weight is 197 g/mol. The van der Waals surface area contributed by atoms with Gasteiger partial charge in [-0.1, -0.05) is 6.07 Å². The molecule has 0 aliphatic rings. The second-order valence-electron chi connectivity index (χ2n) is 2.85. The van der Waals surface area contributed by atoms with E-state index in [1.54, 1.807) is 14.2 Å². The van der Waals surface area contributed by atoms with E-state index < -0.39 is 0 Å². The predicted octanol–water partition coefficient (Wildman–Crippen LogP) is 1.23. The highest BCUT2D eigenvalue weighted by molar-refractivity contribution is 5.42. The maximum absolute atomic E-state index is 8.45. The highest BCUT2D eigenvalue weighted by Gasteiger charge is 2.03. The van der Waals surface area contributed by atoms with Crippen LogP contribution in [0, 0.1) is 0 Å². The molecular formula is C10H15NO3. The number of hydrogen-bond acceptors (Lipinski definition) is 4. The molecule has 1 aromatic carbocycles. The van der Waals surface area contributed by atoms with Crippen LogP contribution in [0.4, 0.5) is 0 Å². The van der Waals surface area contributed by atoms with Crippen molar-refractivity contribution in [1.82, 2.24) is 5.48 Å². The third kappa shape index (κ3) is 2.61. The summed E-state index contributed by atoms with van der Waals surface area (Å²) in [7, 11) is 3.21. The lowest BCUT2D eigenvalue weighted by molar-refractivity contribution is 0.168. The first kappa shape index (κ1) is 10.8. The van der Waals surface area contributed by atoms with Crippen LogP contribution in [-0.4, -0.2) is 26.0 Å². The van der Waals surface area contributed by atoms with Crippen LogP contribution in [0.25, 0.3) is 0 Å². The normalized spacial score (nSPS) is 9.93. The Hall–Kier alpha value is -1.26. The van der Waals surface area contributed by atoms with Crippen molar-refractivity contribution in [3.8, 4) is 11.5 Å². The van der Waals surface area contributed by atoms with Gasteiger partial charge >= 0.3 is 0 Å². The number of methoxy groups -OCH3 is 2. The zero-order chi connectivity index (χ0) is 10.4. The van der Waals surface area contributed by atoms with Crippen LogP contribution in [0.3, 0.4) is 0 Å². The molecule has 0 aliphatic carbocycles. The van der Waals surface area contributed by atoms with Gasteiger partial charge < -0.3 is 14.7 Å². The van der Waals surface area contributed by atoms with Crippen LogP contribution in [0.5, 0.6) is 11.5 Å². The molecule has 14 heavy (non-hydrogen) atoms. The molecule has 0 saturated carbocycles. The Morgan fingerprint density at radius 2 is 1.93 bits per heavy atom. The van der Waals surface area contributed by atoms with Gasteiger partial charge in [0.25, 0.3) is 0 Å². The van der Waals surface area contributed by atoms with Gasteiger partial charge in [0.1, 0.15) is 0 Å². The number of benzene rings is 1. The van der Waals surface area contributed by atoms with Crippen LogP contribution in [0.1, 0.15) is 5.56 Å². The lowest BCUT2D eigenvalue weighted by Gasteiger charge is -2.09. The maximum Gasteiger partial charge on any atom is 0.160 e. The molecule has 0 bridgehead atoms. The Balaban J connectivity index is 2.79. The van der Waals surface area contributed by atoms with E-state index in [-0.39, 0.29) is 0 Å². The molecule has 0 fully saturated rings. The number of rotatable bonds is 5. The van der Waals surface area contributed by atoms with Gasteiger partial charge in [-0.3, -0.25) is 0 Å². The zero-order valence-electron chi connectivity index (χ0n) is 8.41. The molecule has 78 valence electrons. The molecular weight excluding hydrogens is 182 g/mol. The van der Waals surface area contributed by atoms with E-state index in [0.29, 0.717) is 18.0 Å². The molecule has 1 aromatic rings. The van der Waals surface area contributed by atoms with Gasteiger partial charge in [0.05, 0.1) is 14.2 Å². The van der Waals surface area contributed by atoms with Crippen molar-refractivity contribution in [1.29, 1.82) is 0 Å². The van der Waals surface area contributed by atoms with Crippen LogP contribution in [0.15, 0.2) is 18.2 Å². The van der Waals surface area contributed by atoms with E-state index in [2.05, 4.69) is 5.48 Å². The second-order valence-corrected chi connectivity index (χ2v) is 2.85. The van der Waals surface area contributed by atoms with Gasteiger partial charge in [-0.05, 0) is 24.1 Å². The van der Waals surface area contributed by atoms with E-state index in [0.717, 1.165) is 12.0 Å². The predicted molar refractivity (Wildman–Crippen MR) is 53.0 cm³/mol. The van der Waals surface area contributed by atoms with Crippen LogP contribution < -0.4 is 15.0 Å². The van der Waals surface area contributed by atoms with Crippen LogP contribution in [-0.2, 0) is 6.42 Å². The molecule has 0 amide bonds. The van der Waals surface area contributed by atoms with Crippen molar-refractivity contribution < 1.29 is 14.7 Å². The van der Waals surface area contributed by atoms with Crippen LogP contribution >= 0.6 is 0 Å². The molecule has 0 spiro atoms. The quantitative estimate of drug-likeness (QED) is 0.697. The molecule has 4 nitrogen and oxygen atoms in total. The fourth-order valence-electron chi connectivity index (χ4n) is 1.24. The van der Waals surface area contributed by atoms with E-state index in [1.165, 1.54) is 0 Å². The third-order valence-electron chi connectivity index (χ3n) is 1.97. The summed E-state index contributed by atoms with van der Waals surface area (Å²) in [6, 6.07) is 5.69. The van der Waals surface area contributed by atoms with Gasteiger partial charge in [0.15, 0.2) is 11.5 Å². The van der Waals surface area contributed by atoms with Crippen molar-refractivity contribution >= 4 is 0 Å². The molecule has 2 N–H and O–H groups in total. The molecule has 0 atom stereocenters. The first-order valence-electron chi connectivity index (χ1n) is 4.39. The number of nitrogens with one attached hydrogen (secondary N) is 1. The minimum Gasteiger partial charge on any atom is -0.493 e. The fraction of sp³-hybridized carbons (Fsp3) is 0.400. The minimum atomic E-state index is 0.523. The highest BCUT2D eigenvalue weighted by Crippen LogP contribution is 2.27. The van der Waals surface area contributed by atoms with Crippen LogP contribution in [0.2, 0.25) is 0 Å². The fourth-order valence-corrected chi connectivity index (χ4v) is 1.24. The zero-order valence-corrected chi connectivity index (χ0v) is 8.41. The summed E-state index contributed by atoms with van der Waals surface area (Å²) < 4.78 is 10.3. The Kier molecular flexibility index (Phi) is 4.22. The SMILES string of the molecule is COc1ccc(CCNO)cc1OC. The Morgan fingerprint density at radius 1 is 1.21 bits per heavy atom. The lowest BCUT2D eigenvalue weighted by Crippen LogP contribution is -2.11. The molecule has 4 heteroatoms. The van der Waals surface area contributed by atoms with Crippen molar-refractivity contribution in [2.75, 3.05) is 20.8 Å². The minimum absolute atomic E-state index is 0.523. The summed E-state index contributed by atoms with van der Waals surface area (Å²) in [6.45, 7) is 0.523. The Morgan fingerprint density at radius 3 is 2.50 bits per heavy atom. The monoisotopic (exact) mass is 197 g/mol. The highest BCUT2D eigenvalue weighted by atomic mass is 16.5. The first-order chi connectivity index (χ1) is 6.81. The smallest absolute Gasteiger partial charge is 0.160 e. The molecule has 0 heterocycles. The molecule has 0 radical (unpaired) electrons. The summed E-state index contributed by atoms with van der Waals surface area (Å²) in [4.78, 5) is 0. The van der Waals surface area contributed by atoms with Gasteiger partial charge in [0, 0.05) is 6.54 Å². The topological polar surface area (TPSA) is 50.7 Å². The summed E-state index contributed by atoms with van der Waals surface area (Å²) in [5, 5.41) is 8.45. The van der Waals surface area contributed by atoms with Crippen molar-refractivity contribution in [2.45, 2.75) is 6.42 Å². The summed E-state index contributed by atoms with van der Waals surface area (Å²) >= 11 is 0. The molecule has 0 saturated heterocycles. The standard InChI is InChI=1S/C10H15NO3/c1-13-9-4-3-8(5-6-11-12)7-10(9)14-2/h3-4,7,11-12H,5-6H2,1-2H3. The summed E-state index contributed by atoms with van der Waals surface area (Å²) in [5.74, 6) is 1.43. The van der Waals surface area contributed by atoms with E-state index in [9.17, 15) is 0 Å². The van der Waals surface area contributed by atoms with Gasteiger partial charge in [-0.15, -0.1) is 0 Å². The van der Waals surface area contributed by atoms with E-state index >= 15 is 0 Å². The van der Waals surface area contributed by atoms with Gasteiger partial charge in [0.2, 0.25) is 0 Å². The lowest BCUT2D eigenvalue weighted by atomic mass is 10.1. The molecule has 0 aliphatic heterocycles. The number of hydrogen-bond donors (Lipinski definition) is 2. The summed E-state index contributed by atoms with van der Waals surface area (Å²) in [6.07, 6.45) is 0.747. The third-order valence-corrected chi connectivity index (χ3v) is 1.97. The molecule has 0 unspecified atom stereocenters. The Labute approximate surface area is 83.4 Å². The summed E-state index contributed by atoms with van der Waals surface area (Å²) in [5.41, 5.74) is 3.20. The second kappa shape index (κ2) is 5.47. The van der Waals surface area contributed by atoms with Crippen molar-refractivity contribution in [3.63, 3.8) is 0 Å². The van der Waals surface area contributed by atoms with Crippen molar-refractivity contribution in [3.05, 3.63) is 23.8 Å². The van der Waals surface area contributed by atoms with Crippen molar-refractivity contribution in [2.24, 2.45) is 0 Å². The first-order valence-corrected chi connectivity index (χ1v) is 4.39. The largest absolute Gasteiger partial charge is 0.493 e. The van der Waals surface area contributed by atoms with E-state index in [1.807, 2.05) is 18.2 Å². The maximum atomic E-state index is 8.45. The Bertz CT molecular complexity index is 289.